The molecule has 0 unspecified atom stereocenters. The highest BCUT2D eigenvalue weighted by Gasteiger charge is 2.34. The number of fused-ring (bicyclic) bond motifs is 1. The van der Waals surface area contributed by atoms with Crippen LogP contribution in [0.15, 0.2) is 60.7 Å². The van der Waals surface area contributed by atoms with E-state index in [0.717, 1.165) is 33.5 Å². The standard InChI is InChI=1S/C25H28N2O2/c1-5-6-7-12-23(28)27-16-21-11-9-8-10-20(21)15-22(27)25(29)26-24-18(3)13-17(2)14-19(24)4/h5-14,22H,15-16H2,1-4H3,(H,26,29)/b6-5+,12-7+/t22-/m0/s1. The molecule has 150 valence electrons. The molecule has 29 heavy (non-hydrogen) atoms. The second-order valence-corrected chi connectivity index (χ2v) is 7.60. The van der Waals surface area contributed by atoms with Crippen molar-refractivity contribution in [2.45, 2.75) is 46.7 Å². The number of nitrogens with one attached hydrogen (secondary N) is 1. The number of nitrogens with zero attached hydrogens (tertiary/aromatic N) is 1. The number of amides is 2. The summed E-state index contributed by atoms with van der Waals surface area (Å²) in [6.07, 6.45) is 7.42. The van der Waals surface area contributed by atoms with Crippen molar-refractivity contribution in [3.63, 3.8) is 0 Å². The third-order valence-electron chi connectivity index (χ3n) is 5.30. The van der Waals surface area contributed by atoms with Crippen LogP contribution < -0.4 is 5.32 Å². The van der Waals surface area contributed by atoms with Gasteiger partial charge in [-0.25, -0.2) is 0 Å². The van der Waals surface area contributed by atoms with Crippen molar-refractivity contribution < 1.29 is 9.59 Å². The minimum atomic E-state index is -0.548. The fraction of sp³-hybridized carbons (Fsp3) is 0.280. The molecular weight excluding hydrogens is 360 g/mol. The van der Waals surface area contributed by atoms with Gasteiger partial charge in [0.2, 0.25) is 11.8 Å². The van der Waals surface area contributed by atoms with Gasteiger partial charge >= 0.3 is 0 Å². The van der Waals surface area contributed by atoms with Crippen LogP contribution in [-0.2, 0) is 22.6 Å². The van der Waals surface area contributed by atoms with Crippen molar-refractivity contribution in [1.82, 2.24) is 4.90 Å². The zero-order chi connectivity index (χ0) is 21.0. The molecule has 0 aromatic heterocycles. The predicted molar refractivity (Wildman–Crippen MR) is 118 cm³/mol. The monoisotopic (exact) mass is 388 g/mol. The van der Waals surface area contributed by atoms with Gasteiger partial charge < -0.3 is 10.2 Å². The van der Waals surface area contributed by atoms with E-state index in [1.54, 1.807) is 11.0 Å². The molecule has 1 heterocycles. The van der Waals surface area contributed by atoms with Crippen molar-refractivity contribution in [1.29, 1.82) is 0 Å². The minimum absolute atomic E-state index is 0.151. The van der Waals surface area contributed by atoms with Crippen LogP contribution in [0.25, 0.3) is 0 Å². The second kappa shape index (κ2) is 8.91. The average Bonchev–Trinajstić information content (AvgIpc) is 2.69. The van der Waals surface area contributed by atoms with E-state index < -0.39 is 6.04 Å². The van der Waals surface area contributed by atoms with Gasteiger partial charge in [-0.05, 0) is 49.9 Å². The summed E-state index contributed by atoms with van der Waals surface area (Å²) >= 11 is 0. The Morgan fingerprint density at radius 1 is 1.03 bits per heavy atom. The lowest BCUT2D eigenvalue weighted by molar-refractivity contribution is -0.136. The summed E-state index contributed by atoms with van der Waals surface area (Å²) in [5.74, 6) is -0.308. The molecular formula is C25H28N2O2. The van der Waals surface area contributed by atoms with E-state index in [0.29, 0.717) is 13.0 Å². The van der Waals surface area contributed by atoms with Crippen LogP contribution in [0.4, 0.5) is 5.69 Å². The molecule has 2 aromatic rings. The Morgan fingerprint density at radius 2 is 1.69 bits per heavy atom. The highest BCUT2D eigenvalue weighted by atomic mass is 16.2. The van der Waals surface area contributed by atoms with E-state index in [-0.39, 0.29) is 11.8 Å². The highest BCUT2D eigenvalue weighted by molar-refractivity contribution is 6.00. The quantitative estimate of drug-likeness (QED) is 0.613. The Morgan fingerprint density at radius 3 is 2.34 bits per heavy atom. The maximum absolute atomic E-state index is 13.3. The summed E-state index contributed by atoms with van der Waals surface area (Å²) in [4.78, 5) is 27.8. The van der Waals surface area contributed by atoms with Crippen molar-refractivity contribution in [3.05, 3.63) is 88.5 Å². The summed E-state index contributed by atoms with van der Waals surface area (Å²) < 4.78 is 0. The van der Waals surface area contributed by atoms with E-state index in [1.165, 1.54) is 6.08 Å². The topological polar surface area (TPSA) is 49.4 Å². The Kier molecular flexibility index (Phi) is 6.32. The molecule has 2 amide bonds. The fourth-order valence-electron chi connectivity index (χ4n) is 3.92. The highest BCUT2D eigenvalue weighted by Crippen LogP contribution is 2.27. The minimum Gasteiger partial charge on any atom is -0.324 e. The van der Waals surface area contributed by atoms with Gasteiger partial charge in [-0.3, -0.25) is 9.59 Å². The van der Waals surface area contributed by atoms with Crippen molar-refractivity contribution >= 4 is 17.5 Å². The Labute approximate surface area is 172 Å². The van der Waals surface area contributed by atoms with Crippen LogP contribution in [0.5, 0.6) is 0 Å². The molecule has 0 radical (unpaired) electrons. The van der Waals surface area contributed by atoms with E-state index in [4.69, 9.17) is 0 Å². The van der Waals surface area contributed by atoms with E-state index in [2.05, 4.69) is 17.4 Å². The molecule has 0 spiro atoms. The van der Waals surface area contributed by atoms with Crippen LogP contribution in [0, 0.1) is 20.8 Å². The molecule has 3 rings (SSSR count). The lowest BCUT2D eigenvalue weighted by atomic mass is 9.93. The lowest BCUT2D eigenvalue weighted by Crippen LogP contribution is -2.50. The number of hydrogen-bond donors (Lipinski definition) is 1. The molecule has 4 heteroatoms. The molecule has 0 fully saturated rings. The normalized spacial score (nSPS) is 16.3. The molecule has 2 aromatic carbocycles. The first-order chi connectivity index (χ1) is 13.9. The van der Waals surface area contributed by atoms with E-state index in [9.17, 15) is 9.59 Å². The number of anilines is 1. The van der Waals surface area contributed by atoms with Gasteiger partial charge in [0.1, 0.15) is 6.04 Å². The van der Waals surface area contributed by atoms with Gasteiger partial charge in [-0.2, -0.15) is 0 Å². The van der Waals surface area contributed by atoms with Gasteiger partial charge in [-0.1, -0.05) is 60.2 Å². The van der Waals surface area contributed by atoms with Crippen LogP contribution in [0.1, 0.15) is 34.7 Å². The Bertz CT molecular complexity index is 965. The van der Waals surface area contributed by atoms with Gasteiger partial charge in [0.25, 0.3) is 0 Å². The third kappa shape index (κ3) is 4.65. The molecule has 1 atom stereocenters. The molecule has 4 nitrogen and oxygen atoms in total. The second-order valence-electron chi connectivity index (χ2n) is 7.60. The first kappa shape index (κ1) is 20.6. The van der Waals surface area contributed by atoms with Crippen molar-refractivity contribution in [3.8, 4) is 0 Å². The summed E-state index contributed by atoms with van der Waals surface area (Å²) in [6, 6.07) is 11.6. The molecule has 1 aliphatic rings. The van der Waals surface area contributed by atoms with Crippen LogP contribution >= 0.6 is 0 Å². The van der Waals surface area contributed by atoms with Gasteiger partial charge in [0.15, 0.2) is 0 Å². The molecule has 0 saturated carbocycles. The summed E-state index contributed by atoms with van der Waals surface area (Å²) in [5, 5.41) is 3.09. The maximum atomic E-state index is 13.3. The number of allylic oxidation sites excluding steroid dienone is 3. The smallest absolute Gasteiger partial charge is 0.247 e. The summed E-state index contributed by atoms with van der Waals surface area (Å²) in [6.45, 7) is 8.36. The van der Waals surface area contributed by atoms with Crippen molar-refractivity contribution in [2.24, 2.45) is 0 Å². The third-order valence-corrected chi connectivity index (χ3v) is 5.30. The van der Waals surface area contributed by atoms with E-state index in [1.807, 2.05) is 64.1 Å². The molecule has 0 aliphatic carbocycles. The number of rotatable bonds is 4. The number of carbonyl (C=O) groups excluding carboxylic acids is 2. The number of carbonyl (C=O) groups is 2. The molecule has 0 saturated heterocycles. The van der Waals surface area contributed by atoms with Gasteiger partial charge in [0, 0.05) is 24.7 Å². The van der Waals surface area contributed by atoms with Crippen molar-refractivity contribution in [2.75, 3.05) is 5.32 Å². The first-order valence-corrected chi connectivity index (χ1v) is 9.96. The largest absolute Gasteiger partial charge is 0.324 e. The van der Waals surface area contributed by atoms with Gasteiger partial charge in [0.05, 0.1) is 0 Å². The SMILES string of the molecule is C/C=C/C=C/C(=O)N1Cc2ccccc2C[C@H]1C(=O)Nc1c(C)cc(C)cc1C. The maximum Gasteiger partial charge on any atom is 0.247 e. The van der Waals surface area contributed by atoms with Crippen LogP contribution in [0.3, 0.4) is 0 Å². The van der Waals surface area contributed by atoms with Crippen LogP contribution in [0.2, 0.25) is 0 Å². The summed E-state index contributed by atoms with van der Waals surface area (Å²) in [7, 11) is 0. The van der Waals surface area contributed by atoms with Gasteiger partial charge in [-0.15, -0.1) is 0 Å². The molecule has 1 aliphatic heterocycles. The molecule has 1 N–H and O–H groups in total. The zero-order valence-corrected chi connectivity index (χ0v) is 17.5. The predicted octanol–water partition coefficient (Wildman–Crippen LogP) is 4.64. The fourth-order valence-corrected chi connectivity index (χ4v) is 3.92. The lowest BCUT2D eigenvalue weighted by Gasteiger charge is -2.35. The Hall–Kier alpha value is -3.14. The number of hydrogen-bond acceptors (Lipinski definition) is 2. The first-order valence-electron chi connectivity index (χ1n) is 9.96. The number of aryl methyl sites for hydroxylation is 3. The molecule has 0 bridgehead atoms. The average molecular weight is 389 g/mol. The van der Waals surface area contributed by atoms with E-state index >= 15 is 0 Å². The zero-order valence-electron chi connectivity index (χ0n) is 17.5. The number of benzene rings is 2. The van der Waals surface area contributed by atoms with Crippen LogP contribution in [-0.4, -0.2) is 22.8 Å². The summed E-state index contributed by atoms with van der Waals surface area (Å²) in [5.41, 5.74) is 6.25. The Balaban J connectivity index is 1.91.